The van der Waals surface area contributed by atoms with Crippen LogP contribution in [0.1, 0.15) is 33.6 Å². The average molecular weight is 398 g/mol. The summed E-state index contributed by atoms with van der Waals surface area (Å²) in [7, 11) is 0. The van der Waals surface area contributed by atoms with E-state index in [1.165, 1.54) is 33.0 Å². The Balaban J connectivity index is 1.38. The second kappa shape index (κ2) is 6.02. The number of carbonyl (C=O) groups is 1. The molecule has 7 rings (SSSR count). The van der Waals surface area contributed by atoms with Gasteiger partial charge in [-0.1, -0.05) is 54.6 Å². The molecule has 0 saturated carbocycles. The van der Waals surface area contributed by atoms with Gasteiger partial charge >= 0.3 is 0 Å². The molecule has 0 bridgehead atoms. The Bertz CT molecular complexity index is 1540. The zero-order chi connectivity index (χ0) is 20.5. The van der Waals surface area contributed by atoms with E-state index in [-0.39, 0.29) is 18.0 Å². The largest absolute Gasteiger partial charge is 0.320 e. The second-order valence-electron chi connectivity index (χ2n) is 8.39. The zero-order valence-corrected chi connectivity index (χ0v) is 16.7. The number of fused-ring (bicyclic) bond motifs is 8. The van der Waals surface area contributed by atoms with E-state index in [4.69, 9.17) is 0 Å². The lowest BCUT2D eigenvalue weighted by Gasteiger charge is -2.18. The summed E-state index contributed by atoms with van der Waals surface area (Å²) >= 11 is 0. The van der Waals surface area contributed by atoms with Crippen LogP contribution in [0.3, 0.4) is 0 Å². The van der Waals surface area contributed by atoms with Crippen LogP contribution in [0.25, 0.3) is 32.8 Å². The summed E-state index contributed by atoms with van der Waals surface area (Å²) in [5, 5.41) is 3.44. The number of rotatable bonds is 1. The molecule has 1 saturated heterocycles. The predicted octanol–water partition coefficient (Wildman–Crippen LogP) is 6.31. The Morgan fingerprint density at radius 1 is 0.677 bits per heavy atom. The smallest absolute Gasteiger partial charge is 0.255 e. The second-order valence-corrected chi connectivity index (χ2v) is 8.39. The Kier molecular flexibility index (Phi) is 3.26. The molecule has 5 aromatic rings. The first kappa shape index (κ1) is 16.8. The molecule has 4 aromatic carbocycles. The van der Waals surface area contributed by atoms with Crippen molar-refractivity contribution < 1.29 is 4.79 Å². The Labute approximate surface area is 179 Å². The molecule has 0 spiro atoms. The molecule has 1 aliphatic carbocycles. The molecule has 2 unspecified atom stereocenters. The fraction of sp³-hybridized carbons (Fsp3) is 0.0714. The summed E-state index contributed by atoms with van der Waals surface area (Å²) in [5.74, 6) is 0.0802. The van der Waals surface area contributed by atoms with Crippen molar-refractivity contribution in [3.05, 3.63) is 114 Å². The van der Waals surface area contributed by atoms with Crippen LogP contribution in [-0.2, 0) is 0 Å². The number of aromatic nitrogens is 1. The first-order valence-corrected chi connectivity index (χ1v) is 10.6. The minimum atomic E-state index is 0.0802. The Morgan fingerprint density at radius 2 is 1.42 bits per heavy atom. The molecule has 1 aromatic heterocycles. The van der Waals surface area contributed by atoms with Gasteiger partial charge in [-0.2, -0.15) is 0 Å². The van der Waals surface area contributed by atoms with Gasteiger partial charge in [0, 0.05) is 17.1 Å². The van der Waals surface area contributed by atoms with Gasteiger partial charge in [-0.25, -0.2) is 0 Å². The van der Waals surface area contributed by atoms with Gasteiger partial charge in [0.15, 0.2) is 0 Å². The average Bonchev–Trinajstić information content (AvgIpc) is 3.58. The minimum Gasteiger partial charge on any atom is -0.320 e. The van der Waals surface area contributed by atoms with E-state index in [0.29, 0.717) is 0 Å². The third kappa shape index (κ3) is 2.34. The van der Waals surface area contributed by atoms with Crippen molar-refractivity contribution in [2.45, 2.75) is 12.1 Å². The van der Waals surface area contributed by atoms with Crippen molar-refractivity contribution in [3.63, 3.8) is 0 Å². The molecule has 1 aliphatic heterocycles. The van der Waals surface area contributed by atoms with Crippen LogP contribution in [0.4, 0.5) is 0 Å². The number of nitrogens with zero attached hydrogens (tertiary/aromatic N) is 2. The summed E-state index contributed by atoms with van der Waals surface area (Å²) in [5.41, 5.74) is 6.60. The molecule has 2 heterocycles. The Hall–Kier alpha value is -3.98. The number of pyridine rings is 1. The first-order chi connectivity index (χ1) is 15.3. The van der Waals surface area contributed by atoms with E-state index >= 15 is 0 Å². The summed E-state index contributed by atoms with van der Waals surface area (Å²) in [6.45, 7) is 0. The zero-order valence-electron chi connectivity index (χ0n) is 16.7. The fourth-order valence-electron chi connectivity index (χ4n) is 5.22. The van der Waals surface area contributed by atoms with E-state index in [1.54, 1.807) is 6.20 Å². The molecule has 3 heteroatoms. The lowest BCUT2D eigenvalue weighted by Crippen LogP contribution is -2.12. The van der Waals surface area contributed by atoms with Gasteiger partial charge in [0.1, 0.15) is 0 Å². The van der Waals surface area contributed by atoms with Crippen molar-refractivity contribution in [2.75, 3.05) is 0 Å². The number of hydrogen-bond donors (Lipinski definition) is 0. The van der Waals surface area contributed by atoms with E-state index in [9.17, 15) is 4.79 Å². The SMILES string of the molecule is O=C(c1ccc2ncccc2c1)N1C2c3ccccc3-c3cc4ccccc4cc3C21. The molecule has 1 amide bonds. The number of benzene rings is 4. The molecule has 2 atom stereocenters. The molecule has 0 radical (unpaired) electrons. The van der Waals surface area contributed by atoms with Crippen molar-refractivity contribution in [1.82, 2.24) is 9.88 Å². The molecular weight excluding hydrogens is 380 g/mol. The van der Waals surface area contributed by atoms with E-state index in [2.05, 4.69) is 65.6 Å². The number of hydrogen-bond acceptors (Lipinski definition) is 2. The van der Waals surface area contributed by atoms with E-state index in [1.807, 2.05) is 35.2 Å². The third-order valence-electron chi connectivity index (χ3n) is 6.70. The lowest BCUT2D eigenvalue weighted by atomic mass is 9.84. The molecular formula is C28H18N2O. The van der Waals surface area contributed by atoms with Crippen LogP contribution in [0.5, 0.6) is 0 Å². The molecule has 146 valence electrons. The summed E-state index contributed by atoms with van der Waals surface area (Å²) in [6.07, 6.45) is 1.78. The predicted molar refractivity (Wildman–Crippen MR) is 123 cm³/mol. The first-order valence-electron chi connectivity index (χ1n) is 10.6. The molecule has 3 nitrogen and oxygen atoms in total. The molecule has 1 fully saturated rings. The number of carbonyl (C=O) groups excluding carboxylic acids is 1. The van der Waals surface area contributed by atoms with E-state index < -0.39 is 0 Å². The van der Waals surface area contributed by atoms with Gasteiger partial charge in [0.05, 0.1) is 17.6 Å². The van der Waals surface area contributed by atoms with Crippen molar-refractivity contribution in [2.24, 2.45) is 0 Å². The van der Waals surface area contributed by atoms with Gasteiger partial charge < -0.3 is 4.90 Å². The molecule has 31 heavy (non-hydrogen) atoms. The standard InChI is InChI=1S/C28H18N2O/c31-28(20-11-12-25-19(14-20)8-5-13-29-25)30-26-22-10-4-3-9-21(22)23-15-17-6-1-2-7-18(17)16-24(23)27(26)30/h1-16,26-27H. The molecule has 0 N–H and O–H groups in total. The molecule has 2 aliphatic rings. The summed E-state index contributed by atoms with van der Waals surface area (Å²) < 4.78 is 0. The summed E-state index contributed by atoms with van der Waals surface area (Å²) in [6, 6.07) is 31.4. The van der Waals surface area contributed by atoms with Crippen molar-refractivity contribution in [1.29, 1.82) is 0 Å². The van der Waals surface area contributed by atoms with Gasteiger partial charge in [-0.05, 0) is 69.4 Å². The van der Waals surface area contributed by atoms with Gasteiger partial charge in [-0.3, -0.25) is 9.78 Å². The topological polar surface area (TPSA) is 33.0 Å². The van der Waals surface area contributed by atoms with Crippen LogP contribution in [0.15, 0.2) is 97.2 Å². The Morgan fingerprint density at radius 3 is 2.32 bits per heavy atom. The van der Waals surface area contributed by atoms with Crippen molar-refractivity contribution >= 4 is 27.6 Å². The lowest BCUT2D eigenvalue weighted by molar-refractivity contribution is 0.0864. The maximum atomic E-state index is 13.6. The van der Waals surface area contributed by atoms with Crippen LogP contribution >= 0.6 is 0 Å². The van der Waals surface area contributed by atoms with Crippen LogP contribution in [0.2, 0.25) is 0 Å². The number of amides is 1. The van der Waals surface area contributed by atoms with Crippen LogP contribution in [-0.4, -0.2) is 15.8 Å². The van der Waals surface area contributed by atoms with Crippen LogP contribution in [0, 0.1) is 0 Å². The monoisotopic (exact) mass is 398 g/mol. The van der Waals surface area contributed by atoms with Crippen LogP contribution < -0.4 is 0 Å². The maximum absolute atomic E-state index is 13.6. The van der Waals surface area contributed by atoms with Gasteiger partial charge in [0.2, 0.25) is 0 Å². The van der Waals surface area contributed by atoms with Crippen molar-refractivity contribution in [3.8, 4) is 11.1 Å². The highest BCUT2D eigenvalue weighted by Crippen LogP contribution is 2.62. The normalized spacial score (nSPS) is 18.4. The van der Waals surface area contributed by atoms with Gasteiger partial charge in [-0.15, -0.1) is 0 Å². The minimum absolute atomic E-state index is 0.0802. The highest BCUT2D eigenvalue weighted by Gasteiger charge is 2.56. The van der Waals surface area contributed by atoms with Gasteiger partial charge in [0.25, 0.3) is 5.91 Å². The summed E-state index contributed by atoms with van der Waals surface area (Å²) in [4.78, 5) is 20.0. The third-order valence-corrected chi connectivity index (χ3v) is 6.70. The highest BCUT2D eigenvalue weighted by molar-refractivity contribution is 6.01. The maximum Gasteiger partial charge on any atom is 0.255 e. The fourth-order valence-corrected chi connectivity index (χ4v) is 5.22. The highest BCUT2D eigenvalue weighted by atomic mass is 16.2. The van der Waals surface area contributed by atoms with E-state index in [0.717, 1.165) is 16.5 Å². The quantitative estimate of drug-likeness (QED) is 0.310.